The highest BCUT2D eigenvalue weighted by atomic mass is 16.2. The molecule has 1 fully saturated rings. The number of carbonyl (C=O) groups is 2. The zero-order valence-electron chi connectivity index (χ0n) is 15.3. The lowest BCUT2D eigenvalue weighted by molar-refractivity contribution is 0.0725. The molecule has 2 heterocycles. The summed E-state index contributed by atoms with van der Waals surface area (Å²) in [5.41, 5.74) is 2.27. The van der Waals surface area contributed by atoms with E-state index in [1.165, 1.54) is 11.0 Å². The maximum absolute atomic E-state index is 12.9. The maximum atomic E-state index is 12.9. The smallest absolute Gasteiger partial charge is 0.255 e. The van der Waals surface area contributed by atoms with Crippen LogP contribution in [0.15, 0.2) is 54.9 Å². The van der Waals surface area contributed by atoms with Crippen molar-refractivity contribution in [3.63, 3.8) is 0 Å². The third kappa shape index (κ3) is 3.75. The summed E-state index contributed by atoms with van der Waals surface area (Å²) in [5, 5.41) is 13.9. The molecule has 0 spiro atoms. The number of rotatable bonds is 4. The van der Waals surface area contributed by atoms with Gasteiger partial charge in [0.05, 0.1) is 16.9 Å². The molecular weight excluding hydrogens is 356 g/mol. The molecule has 1 aliphatic rings. The summed E-state index contributed by atoms with van der Waals surface area (Å²) >= 11 is 0. The Morgan fingerprint density at radius 1 is 0.929 bits per heavy atom. The Balaban J connectivity index is 1.51. The Labute approximate surface area is 162 Å². The summed E-state index contributed by atoms with van der Waals surface area (Å²) in [6.07, 6.45) is 4.68. The number of nitrogens with one attached hydrogen (secondary N) is 1. The van der Waals surface area contributed by atoms with Crippen LogP contribution in [0, 0.1) is 0 Å². The van der Waals surface area contributed by atoms with E-state index < -0.39 is 0 Å². The average molecular weight is 376 g/mol. The molecule has 0 aliphatic carbocycles. The number of hydrogen-bond donors (Lipinski definition) is 1. The largest absolute Gasteiger partial charge is 0.339 e. The predicted molar refractivity (Wildman–Crippen MR) is 103 cm³/mol. The number of para-hydroxylation sites is 1. The Kier molecular flexibility index (Phi) is 5.09. The number of carbonyl (C=O) groups excluding carboxylic acids is 2. The van der Waals surface area contributed by atoms with Crippen LogP contribution in [0.5, 0.6) is 0 Å². The van der Waals surface area contributed by atoms with E-state index in [4.69, 9.17) is 0 Å². The lowest BCUT2D eigenvalue weighted by Crippen LogP contribution is -2.36. The fourth-order valence-corrected chi connectivity index (χ4v) is 3.29. The zero-order chi connectivity index (χ0) is 19.3. The van der Waals surface area contributed by atoms with Crippen molar-refractivity contribution in [2.75, 3.05) is 18.4 Å². The lowest BCUT2D eigenvalue weighted by Gasteiger charge is -2.27. The van der Waals surface area contributed by atoms with Gasteiger partial charge in [-0.15, -0.1) is 5.10 Å². The van der Waals surface area contributed by atoms with E-state index >= 15 is 0 Å². The standard InChI is InChI=1S/C20H20N6O2/c27-19(15-8-10-16(11-9-15)26-14-21-23-24-26)22-18-7-3-2-6-17(18)20(28)25-12-4-1-5-13-25/h2-3,6-11,14H,1,4-5,12-13H2,(H,22,27). The van der Waals surface area contributed by atoms with E-state index in [9.17, 15) is 9.59 Å². The van der Waals surface area contributed by atoms with Gasteiger partial charge in [-0.25, -0.2) is 4.68 Å². The molecular formula is C20H20N6O2. The average Bonchev–Trinajstić information content (AvgIpc) is 3.29. The fourth-order valence-electron chi connectivity index (χ4n) is 3.29. The number of aromatic nitrogens is 4. The van der Waals surface area contributed by atoms with Crippen molar-refractivity contribution in [3.8, 4) is 5.69 Å². The van der Waals surface area contributed by atoms with Crippen LogP contribution in [0.25, 0.3) is 5.69 Å². The van der Waals surface area contributed by atoms with Crippen molar-refractivity contribution in [2.24, 2.45) is 0 Å². The summed E-state index contributed by atoms with van der Waals surface area (Å²) in [5.74, 6) is -0.313. The zero-order valence-corrected chi connectivity index (χ0v) is 15.3. The van der Waals surface area contributed by atoms with Crippen LogP contribution in [-0.4, -0.2) is 50.0 Å². The first-order chi connectivity index (χ1) is 13.7. The monoisotopic (exact) mass is 376 g/mol. The molecule has 0 saturated carbocycles. The number of nitrogens with zero attached hydrogens (tertiary/aromatic N) is 5. The number of benzene rings is 2. The van der Waals surface area contributed by atoms with E-state index in [0.717, 1.165) is 38.0 Å². The summed E-state index contributed by atoms with van der Waals surface area (Å²) in [4.78, 5) is 27.4. The second-order valence-corrected chi connectivity index (χ2v) is 6.65. The van der Waals surface area contributed by atoms with Gasteiger partial charge in [0.15, 0.2) is 0 Å². The van der Waals surface area contributed by atoms with Crippen LogP contribution < -0.4 is 5.32 Å². The molecule has 0 unspecified atom stereocenters. The normalized spacial score (nSPS) is 13.9. The summed E-state index contributed by atoms with van der Waals surface area (Å²) in [6.45, 7) is 1.53. The molecule has 0 atom stereocenters. The second-order valence-electron chi connectivity index (χ2n) is 6.65. The van der Waals surface area contributed by atoms with Crippen LogP contribution in [0.1, 0.15) is 40.0 Å². The van der Waals surface area contributed by atoms with Gasteiger partial charge < -0.3 is 10.2 Å². The molecule has 2 aromatic carbocycles. The van der Waals surface area contributed by atoms with Crippen molar-refractivity contribution in [2.45, 2.75) is 19.3 Å². The van der Waals surface area contributed by atoms with Gasteiger partial charge in [-0.3, -0.25) is 9.59 Å². The number of likely N-dealkylation sites (tertiary alicyclic amines) is 1. The molecule has 0 bridgehead atoms. The van der Waals surface area contributed by atoms with Gasteiger partial charge in [0, 0.05) is 18.7 Å². The van der Waals surface area contributed by atoms with Crippen molar-refractivity contribution in [3.05, 3.63) is 66.0 Å². The summed E-state index contributed by atoms with van der Waals surface area (Å²) in [6, 6.07) is 14.0. The Hall–Kier alpha value is -3.55. The van der Waals surface area contributed by atoms with E-state index in [-0.39, 0.29) is 11.8 Å². The molecule has 8 heteroatoms. The van der Waals surface area contributed by atoms with E-state index in [0.29, 0.717) is 16.8 Å². The van der Waals surface area contributed by atoms with Gasteiger partial charge in [-0.2, -0.15) is 0 Å². The molecule has 2 amide bonds. The molecule has 3 aromatic rings. The summed E-state index contributed by atoms with van der Waals surface area (Å²) in [7, 11) is 0. The highest BCUT2D eigenvalue weighted by molar-refractivity contribution is 6.09. The Morgan fingerprint density at radius 2 is 1.68 bits per heavy atom. The van der Waals surface area contributed by atoms with Crippen LogP contribution in [-0.2, 0) is 0 Å². The minimum absolute atomic E-state index is 0.0374. The second kappa shape index (κ2) is 7.99. The molecule has 142 valence electrons. The molecule has 1 N–H and O–H groups in total. The highest BCUT2D eigenvalue weighted by Crippen LogP contribution is 2.21. The predicted octanol–water partition coefficient (Wildman–Crippen LogP) is 2.54. The van der Waals surface area contributed by atoms with Crippen LogP contribution in [0.4, 0.5) is 5.69 Å². The van der Waals surface area contributed by atoms with Gasteiger partial charge in [-0.1, -0.05) is 12.1 Å². The van der Waals surface area contributed by atoms with Crippen molar-refractivity contribution in [1.29, 1.82) is 0 Å². The molecule has 0 radical (unpaired) electrons. The van der Waals surface area contributed by atoms with Crippen molar-refractivity contribution >= 4 is 17.5 Å². The van der Waals surface area contributed by atoms with Crippen LogP contribution >= 0.6 is 0 Å². The first-order valence-electron chi connectivity index (χ1n) is 9.25. The first kappa shape index (κ1) is 17.8. The van der Waals surface area contributed by atoms with E-state index in [1.807, 2.05) is 17.0 Å². The maximum Gasteiger partial charge on any atom is 0.255 e. The Bertz CT molecular complexity index is 963. The summed E-state index contributed by atoms with van der Waals surface area (Å²) < 4.78 is 1.51. The van der Waals surface area contributed by atoms with Crippen molar-refractivity contribution in [1.82, 2.24) is 25.1 Å². The molecule has 1 aliphatic heterocycles. The number of anilines is 1. The molecule has 8 nitrogen and oxygen atoms in total. The van der Waals surface area contributed by atoms with E-state index in [1.54, 1.807) is 36.4 Å². The number of hydrogen-bond acceptors (Lipinski definition) is 5. The van der Waals surface area contributed by atoms with Gasteiger partial charge in [-0.05, 0) is 66.1 Å². The molecule has 4 rings (SSSR count). The number of tetrazole rings is 1. The van der Waals surface area contributed by atoms with E-state index in [2.05, 4.69) is 20.8 Å². The quantitative estimate of drug-likeness (QED) is 0.755. The minimum Gasteiger partial charge on any atom is -0.339 e. The highest BCUT2D eigenvalue weighted by Gasteiger charge is 2.21. The van der Waals surface area contributed by atoms with Crippen molar-refractivity contribution < 1.29 is 9.59 Å². The van der Waals surface area contributed by atoms with Gasteiger partial charge in [0.2, 0.25) is 0 Å². The number of piperidine rings is 1. The van der Waals surface area contributed by atoms with Gasteiger partial charge >= 0.3 is 0 Å². The SMILES string of the molecule is O=C(Nc1ccccc1C(=O)N1CCCCC1)c1ccc(-n2cnnn2)cc1. The Morgan fingerprint density at radius 3 is 2.39 bits per heavy atom. The van der Waals surface area contributed by atoms with Crippen LogP contribution in [0.3, 0.4) is 0 Å². The number of amides is 2. The third-order valence-electron chi connectivity index (χ3n) is 4.79. The van der Waals surface area contributed by atoms with Crippen LogP contribution in [0.2, 0.25) is 0 Å². The minimum atomic E-state index is -0.276. The van der Waals surface area contributed by atoms with Gasteiger partial charge in [0.1, 0.15) is 6.33 Å². The molecule has 1 saturated heterocycles. The third-order valence-corrected chi connectivity index (χ3v) is 4.79. The topological polar surface area (TPSA) is 93.0 Å². The lowest BCUT2D eigenvalue weighted by atomic mass is 10.1. The van der Waals surface area contributed by atoms with Gasteiger partial charge in [0.25, 0.3) is 11.8 Å². The first-order valence-corrected chi connectivity index (χ1v) is 9.25. The molecule has 28 heavy (non-hydrogen) atoms. The molecule has 1 aromatic heterocycles. The fraction of sp³-hybridized carbons (Fsp3) is 0.250.